The van der Waals surface area contributed by atoms with Crippen LogP contribution in [0, 0.1) is 5.92 Å². The Morgan fingerprint density at radius 2 is 1.79 bits per heavy atom. The highest BCUT2D eigenvalue weighted by atomic mass is 35.5. The van der Waals surface area contributed by atoms with E-state index >= 15 is 0 Å². The molecule has 0 aromatic heterocycles. The molecule has 0 aromatic carbocycles. The van der Waals surface area contributed by atoms with E-state index in [1.54, 1.807) is 0 Å². The fourth-order valence-electron chi connectivity index (χ4n) is 1.78. The van der Waals surface area contributed by atoms with Gasteiger partial charge in [0.25, 0.3) is 0 Å². The van der Waals surface area contributed by atoms with Crippen LogP contribution in [0.1, 0.15) is 38.5 Å². The van der Waals surface area contributed by atoms with E-state index in [9.17, 15) is 9.59 Å². The van der Waals surface area contributed by atoms with Crippen LogP contribution < -0.4 is 16.0 Å². The van der Waals surface area contributed by atoms with Gasteiger partial charge in [-0.3, -0.25) is 9.59 Å². The second-order valence-electron chi connectivity index (χ2n) is 5.37. The molecule has 0 saturated heterocycles. The first-order valence-electron chi connectivity index (χ1n) is 7.01. The Morgan fingerprint density at radius 3 is 2.42 bits per heavy atom. The summed E-state index contributed by atoms with van der Waals surface area (Å²) in [5.41, 5.74) is 0. The molecule has 3 N–H and O–H groups in total. The average molecular weight is 290 g/mol. The summed E-state index contributed by atoms with van der Waals surface area (Å²) in [5, 5.41) is 8.89. The van der Waals surface area contributed by atoms with E-state index < -0.39 is 0 Å². The van der Waals surface area contributed by atoms with Gasteiger partial charge in [-0.15, -0.1) is 12.4 Å². The Balaban J connectivity index is 0.00000180. The van der Waals surface area contributed by atoms with Crippen molar-refractivity contribution in [2.75, 3.05) is 19.6 Å². The first-order valence-corrected chi connectivity index (χ1v) is 7.01. The molecule has 2 aliphatic carbocycles. The van der Waals surface area contributed by atoms with Gasteiger partial charge in [0.05, 0.1) is 6.54 Å². The normalized spacial score (nSPS) is 17.5. The zero-order valence-electron chi connectivity index (χ0n) is 11.2. The Morgan fingerprint density at radius 1 is 1.05 bits per heavy atom. The van der Waals surface area contributed by atoms with Gasteiger partial charge in [0.1, 0.15) is 0 Å². The molecule has 2 amide bonds. The zero-order chi connectivity index (χ0) is 12.8. The molecule has 0 aromatic rings. The first-order chi connectivity index (χ1) is 8.74. The van der Waals surface area contributed by atoms with Crippen LogP contribution in [0.5, 0.6) is 0 Å². The van der Waals surface area contributed by atoms with Crippen molar-refractivity contribution in [1.29, 1.82) is 0 Å². The van der Waals surface area contributed by atoms with Crippen molar-refractivity contribution in [3.8, 4) is 0 Å². The molecular weight excluding hydrogens is 266 g/mol. The summed E-state index contributed by atoms with van der Waals surface area (Å²) >= 11 is 0. The smallest absolute Gasteiger partial charge is 0.233 e. The van der Waals surface area contributed by atoms with Crippen LogP contribution in [0.25, 0.3) is 0 Å². The third-order valence-electron chi connectivity index (χ3n) is 3.26. The van der Waals surface area contributed by atoms with Crippen LogP contribution in [-0.4, -0.2) is 37.5 Å². The number of rotatable bonds is 9. The van der Waals surface area contributed by atoms with Crippen molar-refractivity contribution >= 4 is 24.2 Å². The highest BCUT2D eigenvalue weighted by Gasteiger charge is 2.22. The summed E-state index contributed by atoms with van der Waals surface area (Å²) in [6, 6.07) is 0.429. The van der Waals surface area contributed by atoms with Gasteiger partial charge in [0.15, 0.2) is 0 Å². The molecule has 2 fully saturated rings. The van der Waals surface area contributed by atoms with Gasteiger partial charge in [-0.2, -0.15) is 0 Å². The van der Waals surface area contributed by atoms with Gasteiger partial charge in [-0.25, -0.2) is 0 Å². The predicted molar refractivity (Wildman–Crippen MR) is 76.3 cm³/mol. The number of amides is 2. The highest BCUT2D eigenvalue weighted by molar-refractivity contribution is 5.85. The highest BCUT2D eigenvalue weighted by Crippen LogP contribution is 2.27. The minimum absolute atomic E-state index is 0. The topological polar surface area (TPSA) is 70.2 Å². The number of halogens is 1. The van der Waals surface area contributed by atoms with Gasteiger partial charge in [0.2, 0.25) is 11.8 Å². The molecule has 0 radical (unpaired) electrons. The fourth-order valence-corrected chi connectivity index (χ4v) is 1.78. The molecule has 0 spiro atoms. The number of carbonyl (C=O) groups excluding carboxylic acids is 2. The van der Waals surface area contributed by atoms with Crippen LogP contribution in [0.3, 0.4) is 0 Å². The van der Waals surface area contributed by atoms with Gasteiger partial charge in [-0.05, 0) is 44.6 Å². The number of nitrogens with one attached hydrogen (secondary N) is 3. The van der Waals surface area contributed by atoms with Crippen molar-refractivity contribution in [3.05, 3.63) is 0 Å². The molecule has 2 aliphatic rings. The van der Waals surface area contributed by atoms with Crippen LogP contribution in [-0.2, 0) is 9.59 Å². The second kappa shape index (κ2) is 8.38. The molecule has 0 bridgehead atoms. The van der Waals surface area contributed by atoms with E-state index in [2.05, 4.69) is 16.0 Å². The molecule has 2 saturated carbocycles. The van der Waals surface area contributed by atoms with Crippen LogP contribution in [0.4, 0.5) is 0 Å². The molecule has 19 heavy (non-hydrogen) atoms. The Hall–Kier alpha value is -0.810. The summed E-state index contributed by atoms with van der Waals surface area (Å²) in [6.07, 6.45) is 6.05. The summed E-state index contributed by atoms with van der Waals surface area (Å²) in [5.74, 6) is 0.931. The third-order valence-corrected chi connectivity index (χ3v) is 3.26. The Labute approximate surface area is 120 Å². The lowest BCUT2D eigenvalue weighted by Crippen LogP contribution is -2.35. The van der Waals surface area contributed by atoms with Gasteiger partial charge in [0, 0.05) is 19.0 Å². The summed E-state index contributed by atoms with van der Waals surface area (Å²) in [6.45, 7) is 1.93. The minimum atomic E-state index is 0. The first kappa shape index (κ1) is 16.2. The Bertz CT molecular complexity index is 304. The quantitative estimate of drug-likeness (QED) is 0.544. The van der Waals surface area contributed by atoms with Gasteiger partial charge in [-0.1, -0.05) is 0 Å². The van der Waals surface area contributed by atoms with E-state index in [0.717, 1.165) is 25.3 Å². The number of hydrogen-bond donors (Lipinski definition) is 3. The molecule has 5 nitrogen and oxygen atoms in total. The third kappa shape index (κ3) is 8.06. The van der Waals surface area contributed by atoms with Crippen molar-refractivity contribution in [2.24, 2.45) is 5.92 Å². The van der Waals surface area contributed by atoms with Gasteiger partial charge >= 0.3 is 0 Å². The summed E-state index contributed by atoms with van der Waals surface area (Å²) in [4.78, 5) is 22.8. The Kier molecular flexibility index (Phi) is 7.16. The zero-order valence-corrected chi connectivity index (χ0v) is 12.1. The minimum Gasteiger partial charge on any atom is -0.355 e. The van der Waals surface area contributed by atoms with Crippen LogP contribution in [0.2, 0.25) is 0 Å². The lowest BCUT2D eigenvalue weighted by molar-refractivity contribution is -0.122. The van der Waals surface area contributed by atoms with E-state index in [1.165, 1.54) is 12.8 Å². The number of carbonyl (C=O) groups is 2. The van der Waals surface area contributed by atoms with Gasteiger partial charge < -0.3 is 16.0 Å². The molecule has 0 unspecified atom stereocenters. The lowest BCUT2D eigenvalue weighted by Gasteiger charge is -2.06. The SMILES string of the molecule is Cl.O=C(CNCC1CC1)NCCCC(=O)NC1CC1. The average Bonchev–Trinajstić information content (AvgIpc) is 3.19. The maximum atomic E-state index is 11.4. The van der Waals surface area contributed by atoms with E-state index in [1.807, 2.05) is 0 Å². The molecule has 0 atom stereocenters. The number of hydrogen-bond acceptors (Lipinski definition) is 3. The van der Waals surface area contributed by atoms with Crippen LogP contribution >= 0.6 is 12.4 Å². The fraction of sp³-hybridized carbons (Fsp3) is 0.846. The van der Waals surface area contributed by atoms with Crippen molar-refractivity contribution in [1.82, 2.24) is 16.0 Å². The largest absolute Gasteiger partial charge is 0.355 e. The van der Waals surface area contributed by atoms with E-state index in [4.69, 9.17) is 0 Å². The van der Waals surface area contributed by atoms with Crippen molar-refractivity contribution < 1.29 is 9.59 Å². The van der Waals surface area contributed by atoms with Crippen LogP contribution in [0.15, 0.2) is 0 Å². The molecular formula is C13H24ClN3O2. The van der Waals surface area contributed by atoms with E-state index in [-0.39, 0.29) is 24.2 Å². The molecule has 0 heterocycles. The van der Waals surface area contributed by atoms with Crippen molar-refractivity contribution in [2.45, 2.75) is 44.6 Å². The predicted octanol–water partition coefficient (Wildman–Crippen LogP) is 0.583. The summed E-state index contributed by atoms with van der Waals surface area (Å²) < 4.78 is 0. The second-order valence-corrected chi connectivity index (χ2v) is 5.37. The molecule has 0 aliphatic heterocycles. The van der Waals surface area contributed by atoms with E-state index in [0.29, 0.717) is 32.0 Å². The maximum absolute atomic E-state index is 11.4. The standard InChI is InChI=1S/C13H23N3O2.ClH/c17-12(16-11-5-6-11)2-1-7-15-13(18)9-14-8-10-3-4-10;/h10-11,14H,1-9H2,(H,15,18)(H,16,17);1H. The lowest BCUT2D eigenvalue weighted by atomic mass is 10.3. The van der Waals surface area contributed by atoms with Crippen molar-refractivity contribution in [3.63, 3.8) is 0 Å². The monoisotopic (exact) mass is 289 g/mol. The maximum Gasteiger partial charge on any atom is 0.233 e. The molecule has 2 rings (SSSR count). The molecule has 6 heteroatoms. The summed E-state index contributed by atoms with van der Waals surface area (Å²) in [7, 11) is 0. The molecule has 110 valence electrons.